The summed E-state index contributed by atoms with van der Waals surface area (Å²) in [5.74, 6) is 0. The van der Waals surface area contributed by atoms with Gasteiger partial charge in [-0.05, 0) is 30.7 Å². The number of aromatic nitrogens is 2. The number of rotatable bonds is 8. The lowest BCUT2D eigenvalue weighted by Gasteiger charge is -2.22. The molecule has 0 aliphatic rings. The summed E-state index contributed by atoms with van der Waals surface area (Å²) in [6, 6.07) is 6.92. The first-order valence-corrected chi connectivity index (χ1v) is 7.34. The number of non-ortho nitro benzene ring substituents is 1. The fraction of sp³-hybridized carbons (Fsp3) is 0.400. The Balaban J connectivity index is 2.03. The largest absolute Gasteiger partial charge is 0.395 e. The zero-order chi connectivity index (χ0) is 16.8. The first kappa shape index (κ1) is 17.1. The molecule has 0 saturated carbocycles. The Kier molecular flexibility index (Phi) is 5.80. The standard InChI is InChI=1S/C15H20N4O4/c1-2-18-13(7-8-17-18)9-16-14(10-20)15(21)11-3-5-12(6-4-11)19(22)23/h3-8,14-16,20-21H,2,9-10H2,1H3. The van der Waals surface area contributed by atoms with E-state index in [-0.39, 0.29) is 12.3 Å². The average molecular weight is 320 g/mol. The van der Waals surface area contributed by atoms with Crippen LogP contribution in [0.2, 0.25) is 0 Å². The lowest BCUT2D eigenvalue weighted by atomic mass is 10.0. The fourth-order valence-electron chi connectivity index (χ4n) is 2.33. The van der Waals surface area contributed by atoms with Gasteiger partial charge in [0.25, 0.3) is 5.69 Å². The van der Waals surface area contributed by atoms with Crippen LogP contribution in [0.3, 0.4) is 0 Å². The molecule has 0 saturated heterocycles. The molecule has 2 atom stereocenters. The number of nitro benzene ring substituents is 1. The SMILES string of the molecule is CCn1nccc1CNC(CO)C(O)c1ccc([N+](=O)[O-])cc1. The molecule has 0 amide bonds. The van der Waals surface area contributed by atoms with Crippen LogP contribution < -0.4 is 5.32 Å². The number of nitro groups is 1. The normalized spacial score (nSPS) is 13.7. The highest BCUT2D eigenvalue weighted by atomic mass is 16.6. The van der Waals surface area contributed by atoms with Gasteiger partial charge in [-0.15, -0.1) is 0 Å². The molecule has 1 aromatic carbocycles. The number of aliphatic hydroxyl groups excluding tert-OH is 2. The van der Waals surface area contributed by atoms with E-state index in [1.54, 1.807) is 6.20 Å². The van der Waals surface area contributed by atoms with Crippen LogP contribution >= 0.6 is 0 Å². The minimum absolute atomic E-state index is 0.0405. The van der Waals surface area contributed by atoms with Crippen molar-refractivity contribution in [1.29, 1.82) is 0 Å². The van der Waals surface area contributed by atoms with Crippen molar-refractivity contribution in [2.45, 2.75) is 32.2 Å². The van der Waals surface area contributed by atoms with Crippen molar-refractivity contribution in [2.24, 2.45) is 0 Å². The Bertz CT molecular complexity index is 641. The van der Waals surface area contributed by atoms with Gasteiger partial charge in [0.05, 0.1) is 29.4 Å². The molecule has 124 valence electrons. The zero-order valence-electron chi connectivity index (χ0n) is 12.8. The van der Waals surface area contributed by atoms with Gasteiger partial charge >= 0.3 is 0 Å². The minimum Gasteiger partial charge on any atom is -0.395 e. The summed E-state index contributed by atoms with van der Waals surface area (Å²) in [7, 11) is 0. The Labute approximate surface area is 133 Å². The second-order valence-corrected chi connectivity index (χ2v) is 5.10. The van der Waals surface area contributed by atoms with Crippen molar-refractivity contribution >= 4 is 5.69 Å². The lowest BCUT2D eigenvalue weighted by Crippen LogP contribution is -2.38. The maximum Gasteiger partial charge on any atom is 0.269 e. The molecule has 0 spiro atoms. The molecule has 0 aliphatic heterocycles. The zero-order valence-corrected chi connectivity index (χ0v) is 12.8. The molecule has 0 radical (unpaired) electrons. The van der Waals surface area contributed by atoms with Gasteiger partial charge in [0, 0.05) is 31.4 Å². The van der Waals surface area contributed by atoms with Gasteiger partial charge in [-0.25, -0.2) is 0 Å². The monoisotopic (exact) mass is 320 g/mol. The van der Waals surface area contributed by atoms with Gasteiger partial charge in [0.2, 0.25) is 0 Å². The van der Waals surface area contributed by atoms with Crippen molar-refractivity contribution in [3.05, 3.63) is 57.9 Å². The summed E-state index contributed by atoms with van der Waals surface area (Å²) in [6.45, 7) is 2.89. The highest BCUT2D eigenvalue weighted by Crippen LogP contribution is 2.20. The van der Waals surface area contributed by atoms with Gasteiger partial charge in [-0.2, -0.15) is 5.10 Å². The smallest absolute Gasteiger partial charge is 0.269 e. The van der Waals surface area contributed by atoms with Crippen LogP contribution in [-0.4, -0.2) is 37.6 Å². The number of nitrogens with one attached hydrogen (secondary N) is 1. The lowest BCUT2D eigenvalue weighted by molar-refractivity contribution is -0.384. The van der Waals surface area contributed by atoms with E-state index in [4.69, 9.17) is 0 Å². The van der Waals surface area contributed by atoms with E-state index < -0.39 is 17.1 Å². The van der Waals surface area contributed by atoms with Gasteiger partial charge in [0.1, 0.15) is 0 Å². The highest BCUT2D eigenvalue weighted by Gasteiger charge is 2.21. The second kappa shape index (κ2) is 7.82. The minimum atomic E-state index is -0.973. The van der Waals surface area contributed by atoms with E-state index in [1.165, 1.54) is 24.3 Å². The summed E-state index contributed by atoms with van der Waals surface area (Å²) < 4.78 is 1.82. The van der Waals surface area contributed by atoms with Gasteiger partial charge in [0.15, 0.2) is 0 Å². The fourth-order valence-corrected chi connectivity index (χ4v) is 2.33. The molecule has 1 heterocycles. The van der Waals surface area contributed by atoms with E-state index in [1.807, 2.05) is 17.7 Å². The summed E-state index contributed by atoms with van der Waals surface area (Å²) >= 11 is 0. The van der Waals surface area contributed by atoms with E-state index in [9.17, 15) is 20.3 Å². The number of aryl methyl sites for hydroxylation is 1. The van der Waals surface area contributed by atoms with Gasteiger partial charge < -0.3 is 15.5 Å². The highest BCUT2D eigenvalue weighted by molar-refractivity contribution is 5.34. The molecule has 0 fully saturated rings. The number of hydrogen-bond donors (Lipinski definition) is 3. The van der Waals surface area contributed by atoms with Crippen LogP contribution in [0.25, 0.3) is 0 Å². The molecule has 2 aromatic rings. The second-order valence-electron chi connectivity index (χ2n) is 5.10. The van der Waals surface area contributed by atoms with Crippen LogP contribution in [0.5, 0.6) is 0 Å². The first-order valence-electron chi connectivity index (χ1n) is 7.34. The molecule has 1 aromatic heterocycles. The Morgan fingerprint density at radius 2 is 2.04 bits per heavy atom. The van der Waals surface area contributed by atoms with Gasteiger partial charge in [-0.3, -0.25) is 14.8 Å². The van der Waals surface area contributed by atoms with Crippen molar-refractivity contribution in [3.63, 3.8) is 0 Å². The van der Waals surface area contributed by atoms with Gasteiger partial charge in [-0.1, -0.05) is 0 Å². The molecule has 8 nitrogen and oxygen atoms in total. The van der Waals surface area contributed by atoms with E-state index >= 15 is 0 Å². The van der Waals surface area contributed by atoms with Crippen LogP contribution in [0.15, 0.2) is 36.5 Å². The maximum absolute atomic E-state index is 10.6. The van der Waals surface area contributed by atoms with E-state index in [2.05, 4.69) is 10.4 Å². The molecular formula is C15H20N4O4. The Morgan fingerprint density at radius 3 is 2.61 bits per heavy atom. The maximum atomic E-state index is 10.6. The number of nitrogens with zero attached hydrogens (tertiary/aromatic N) is 3. The summed E-state index contributed by atoms with van der Waals surface area (Å²) in [5, 5.41) is 37.7. The summed E-state index contributed by atoms with van der Waals surface area (Å²) in [4.78, 5) is 10.2. The van der Waals surface area contributed by atoms with Crippen molar-refractivity contribution < 1.29 is 15.1 Å². The molecule has 2 rings (SSSR count). The average Bonchev–Trinajstić information content (AvgIpc) is 3.02. The van der Waals surface area contributed by atoms with Crippen molar-refractivity contribution in [1.82, 2.24) is 15.1 Å². The third kappa shape index (κ3) is 4.13. The third-order valence-corrected chi connectivity index (χ3v) is 3.67. The molecule has 0 aliphatic carbocycles. The number of benzene rings is 1. The molecule has 23 heavy (non-hydrogen) atoms. The predicted octanol–water partition coefficient (Wildman–Crippen LogP) is 0.995. The Morgan fingerprint density at radius 1 is 1.35 bits per heavy atom. The van der Waals surface area contributed by atoms with Crippen molar-refractivity contribution in [3.8, 4) is 0 Å². The first-order chi connectivity index (χ1) is 11.1. The summed E-state index contributed by atoms with van der Waals surface area (Å²) in [6.07, 6.45) is 0.722. The third-order valence-electron chi connectivity index (χ3n) is 3.67. The topological polar surface area (TPSA) is 113 Å². The quantitative estimate of drug-likeness (QED) is 0.494. The van der Waals surface area contributed by atoms with Crippen LogP contribution in [-0.2, 0) is 13.1 Å². The van der Waals surface area contributed by atoms with Crippen molar-refractivity contribution in [2.75, 3.05) is 6.61 Å². The summed E-state index contributed by atoms with van der Waals surface area (Å²) in [5.41, 5.74) is 1.41. The molecule has 3 N–H and O–H groups in total. The number of hydrogen-bond acceptors (Lipinski definition) is 6. The molecule has 2 unspecified atom stereocenters. The molecule has 8 heteroatoms. The van der Waals surface area contributed by atoms with Crippen LogP contribution in [0.4, 0.5) is 5.69 Å². The predicted molar refractivity (Wildman–Crippen MR) is 83.7 cm³/mol. The Hall–Kier alpha value is -2.29. The molecule has 0 bridgehead atoms. The number of aliphatic hydroxyl groups is 2. The van der Waals surface area contributed by atoms with E-state index in [0.29, 0.717) is 12.1 Å². The van der Waals surface area contributed by atoms with Crippen LogP contribution in [0, 0.1) is 10.1 Å². The van der Waals surface area contributed by atoms with E-state index in [0.717, 1.165) is 12.2 Å². The van der Waals surface area contributed by atoms with Crippen LogP contribution in [0.1, 0.15) is 24.3 Å². The molecular weight excluding hydrogens is 300 g/mol.